The molecule has 4 nitrogen and oxygen atoms in total. The van der Waals surface area contributed by atoms with Gasteiger partial charge >= 0.3 is 6.03 Å². The van der Waals surface area contributed by atoms with Gasteiger partial charge in [-0.3, -0.25) is 0 Å². The van der Waals surface area contributed by atoms with Crippen molar-refractivity contribution in [2.45, 2.75) is 45.2 Å². The van der Waals surface area contributed by atoms with Crippen LogP contribution in [-0.2, 0) is 4.74 Å². The van der Waals surface area contributed by atoms with Crippen molar-refractivity contribution in [1.82, 2.24) is 10.2 Å². The molecule has 1 fully saturated rings. The quantitative estimate of drug-likeness (QED) is 0.725. The SMILES string of the molecule is COCCNC(=O)N1C(C)CCCC1C. The molecule has 15 heavy (non-hydrogen) atoms. The Kier molecular flexibility index (Phi) is 4.88. The zero-order valence-electron chi connectivity index (χ0n) is 9.95. The molecule has 0 saturated carbocycles. The Balaban J connectivity index is 2.41. The number of ether oxygens (including phenoxy) is 1. The van der Waals surface area contributed by atoms with Crippen LogP contribution in [0.4, 0.5) is 4.79 Å². The van der Waals surface area contributed by atoms with E-state index in [0.29, 0.717) is 25.2 Å². The molecule has 1 rings (SSSR count). The van der Waals surface area contributed by atoms with E-state index in [2.05, 4.69) is 19.2 Å². The number of hydrogen-bond donors (Lipinski definition) is 1. The monoisotopic (exact) mass is 214 g/mol. The van der Waals surface area contributed by atoms with Gasteiger partial charge < -0.3 is 15.0 Å². The lowest BCUT2D eigenvalue weighted by molar-refractivity contribution is 0.119. The second-order valence-corrected chi connectivity index (χ2v) is 4.26. The molecule has 1 aliphatic rings. The highest BCUT2D eigenvalue weighted by atomic mass is 16.5. The average molecular weight is 214 g/mol. The molecule has 0 aliphatic carbocycles. The fourth-order valence-corrected chi connectivity index (χ4v) is 2.17. The summed E-state index contributed by atoms with van der Waals surface area (Å²) in [7, 11) is 1.64. The third-order valence-corrected chi connectivity index (χ3v) is 3.01. The second-order valence-electron chi connectivity index (χ2n) is 4.26. The van der Waals surface area contributed by atoms with Crippen LogP contribution in [0.5, 0.6) is 0 Å². The maximum Gasteiger partial charge on any atom is 0.317 e. The highest BCUT2D eigenvalue weighted by Gasteiger charge is 2.28. The molecule has 4 heteroatoms. The Bertz CT molecular complexity index is 199. The number of likely N-dealkylation sites (tertiary alicyclic amines) is 1. The van der Waals surface area contributed by atoms with E-state index in [1.165, 1.54) is 6.42 Å². The van der Waals surface area contributed by atoms with E-state index in [4.69, 9.17) is 4.74 Å². The first-order valence-corrected chi connectivity index (χ1v) is 5.72. The lowest BCUT2D eigenvalue weighted by atomic mass is 9.98. The number of carbonyl (C=O) groups is 1. The molecular weight excluding hydrogens is 192 g/mol. The molecule has 1 saturated heterocycles. The highest BCUT2D eigenvalue weighted by Crippen LogP contribution is 2.22. The summed E-state index contributed by atoms with van der Waals surface area (Å²) in [4.78, 5) is 13.8. The minimum absolute atomic E-state index is 0.0479. The number of nitrogens with zero attached hydrogens (tertiary/aromatic N) is 1. The standard InChI is InChI=1S/C11H22N2O2/c1-9-5-4-6-10(2)13(9)11(14)12-7-8-15-3/h9-10H,4-8H2,1-3H3,(H,12,14). The Morgan fingerprint density at radius 1 is 1.40 bits per heavy atom. The van der Waals surface area contributed by atoms with Crippen molar-refractivity contribution in [2.75, 3.05) is 20.3 Å². The van der Waals surface area contributed by atoms with Gasteiger partial charge in [0.1, 0.15) is 0 Å². The van der Waals surface area contributed by atoms with E-state index in [1.807, 2.05) is 4.90 Å². The van der Waals surface area contributed by atoms with Crippen molar-refractivity contribution in [3.63, 3.8) is 0 Å². The van der Waals surface area contributed by atoms with Crippen LogP contribution in [0.3, 0.4) is 0 Å². The summed E-state index contributed by atoms with van der Waals surface area (Å²) in [6.45, 7) is 5.39. The summed E-state index contributed by atoms with van der Waals surface area (Å²) >= 11 is 0. The number of amides is 2. The van der Waals surface area contributed by atoms with Gasteiger partial charge in [-0.2, -0.15) is 0 Å². The van der Waals surface area contributed by atoms with Crippen LogP contribution in [0.25, 0.3) is 0 Å². The van der Waals surface area contributed by atoms with Crippen molar-refractivity contribution in [3.05, 3.63) is 0 Å². The number of urea groups is 1. The molecule has 1 aliphatic heterocycles. The minimum atomic E-state index is 0.0479. The number of piperidine rings is 1. The molecule has 0 aromatic rings. The fourth-order valence-electron chi connectivity index (χ4n) is 2.17. The molecule has 0 aromatic carbocycles. The zero-order chi connectivity index (χ0) is 11.3. The molecule has 2 atom stereocenters. The van der Waals surface area contributed by atoms with Gasteiger partial charge in [-0.15, -0.1) is 0 Å². The van der Waals surface area contributed by atoms with E-state index in [1.54, 1.807) is 7.11 Å². The molecule has 0 spiro atoms. The minimum Gasteiger partial charge on any atom is -0.383 e. The van der Waals surface area contributed by atoms with E-state index >= 15 is 0 Å². The molecule has 0 radical (unpaired) electrons. The first kappa shape index (κ1) is 12.3. The van der Waals surface area contributed by atoms with E-state index < -0.39 is 0 Å². The second kappa shape index (κ2) is 5.95. The summed E-state index contributed by atoms with van der Waals surface area (Å²) in [6, 6.07) is 0.763. The maximum atomic E-state index is 11.9. The number of hydrogen-bond acceptors (Lipinski definition) is 2. The Labute approximate surface area is 92.0 Å². The van der Waals surface area contributed by atoms with Crippen molar-refractivity contribution in [2.24, 2.45) is 0 Å². The molecule has 2 unspecified atom stereocenters. The number of rotatable bonds is 3. The molecule has 1 N–H and O–H groups in total. The van der Waals surface area contributed by atoms with Gasteiger partial charge in [-0.05, 0) is 33.1 Å². The van der Waals surface area contributed by atoms with E-state index in [0.717, 1.165) is 12.8 Å². The van der Waals surface area contributed by atoms with Gasteiger partial charge in [0.05, 0.1) is 6.61 Å². The van der Waals surface area contributed by atoms with Crippen LogP contribution in [0.15, 0.2) is 0 Å². The van der Waals surface area contributed by atoms with Gasteiger partial charge in [0, 0.05) is 25.7 Å². The van der Waals surface area contributed by atoms with Crippen LogP contribution in [-0.4, -0.2) is 43.3 Å². The molecular formula is C11H22N2O2. The number of methoxy groups -OCH3 is 1. The van der Waals surface area contributed by atoms with Gasteiger partial charge in [0.2, 0.25) is 0 Å². The van der Waals surface area contributed by atoms with Crippen molar-refractivity contribution < 1.29 is 9.53 Å². The first-order chi connectivity index (χ1) is 7.16. The Morgan fingerprint density at radius 3 is 2.53 bits per heavy atom. The van der Waals surface area contributed by atoms with Crippen molar-refractivity contribution in [3.8, 4) is 0 Å². The smallest absolute Gasteiger partial charge is 0.317 e. The summed E-state index contributed by atoms with van der Waals surface area (Å²) in [5, 5.41) is 2.88. The van der Waals surface area contributed by atoms with Crippen LogP contribution >= 0.6 is 0 Å². The van der Waals surface area contributed by atoms with Gasteiger partial charge in [-0.25, -0.2) is 4.79 Å². The van der Waals surface area contributed by atoms with Crippen molar-refractivity contribution >= 4 is 6.03 Å². The topological polar surface area (TPSA) is 41.6 Å². The molecule has 1 heterocycles. The fraction of sp³-hybridized carbons (Fsp3) is 0.909. The average Bonchev–Trinajstić information content (AvgIpc) is 2.18. The predicted octanol–water partition coefficient (Wildman–Crippen LogP) is 1.61. The molecule has 88 valence electrons. The summed E-state index contributed by atoms with van der Waals surface area (Å²) in [6.07, 6.45) is 3.45. The number of carbonyl (C=O) groups excluding carboxylic acids is 1. The third kappa shape index (κ3) is 3.38. The van der Waals surface area contributed by atoms with Crippen LogP contribution < -0.4 is 5.32 Å². The number of nitrogens with one attached hydrogen (secondary N) is 1. The van der Waals surface area contributed by atoms with Gasteiger partial charge in [-0.1, -0.05) is 0 Å². The van der Waals surface area contributed by atoms with Gasteiger partial charge in [0.25, 0.3) is 0 Å². The molecule has 0 bridgehead atoms. The first-order valence-electron chi connectivity index (χ1n) is 5.72. The van der Waals surface area contributed by atoms with E-state index in [-0.39, 0.29) is 6.03 Å². The normalized spacial score (nSPS) is 26.5. The Hall–Kier alpha value is -0.770. The van der Waals surface area contributed by atoms with Gasteiger partial charge in [0.15, 0.2) is 0 Å². The molecule has 2 amide bonds. The van der Waals surface area contributed by atoms with Crippen LogP contribution in [0.2, 0.25) is 0 Å². The predicted molar refractivity (Wildman–Crippen MR) is 59.9 cm³/mol. The summed E-state index contributed by atoms with van der Waals surface area (Å²) in [5.74, 6) is 0. The Morgan fingerprint density at radius 2 is 2.00 bits per heavy atom. The van der Waals surface area contributed by atoms with Crippen LogP contribution in [0, 0.1) is 0 Å². The highest BCUT2D eigenvalue weighted by molar-refractivity contribution is 5.74. The van der Waals surface area contributed by atoms with Crippen molar-refractivity contribution in [1.29, 1.82) is 0 Å². The summed E-state index contributed by atoms with van der Waals surface area (Å²) < 4.78 is 4.90. The van der Waals surface area contributed by atoms with E-state index in [9.17, 15) is 4.79 Å². The lowest BCUT2D eigenvalue weighted by Crippen LogP contribution is -2.52. The lowest BCUT2D eigenvalue weighted by Gasteiger charge is -2.38. The van der Waals surface area contributed by atoms with Crippen LogP contribution in [0.1, 0.15) is 33.1 Å². The third-order valence-electron chi connectivity index (χ3n) is 3.01. The zero-order valence-corrected chi connectivity index (χ0v) is 9.95. The summed E-state index contributed by atoms with van der Waals surface area (Å²) in [5.41, 5.74) is 0. The largest absolute Gasteiger partial charge is 0.383 e. The molecule has 0 aromatic heterocycles. The maximum absolute atomic E-state index is 11.9.